The lowest BCUT2D eigenvalue weighted by atomic mass is 10.3. The summed E-state index contributed by atoms with van der Waals surface area (Å²) in [5, 5.41) is 15.5. The molecule has 0 atom stereocenters. The smallest absolute Gasteiger partial charge is 0.387 e. The van der Waals surface area contributed by atoms with Crippen LogP contribution in [0.2, 0.25) is 0 Å². The molecule has 2 aromatic heterocycles. The van der Waals surface area contributed by atoms with Crippen molar-refractivity contribution in [3.8, 4) is 11.6 Å². The highest BCUT2D eigenvalue weighted by Crippen LogP contribution is 2.20. The molecule has 0 unspecified atom stereocenters. The van der Waals surface area contributed by atoms with Crippen LogP contribution in [0.15, 0.2) is 48.7 Å². The van der Waals surface area contributed by atoms with Crippen LogP contribution in [0, 0.1) is 6.92 Å². The van der Waals surface area contributed by atoms with Gasteiger partial charge in [-0.15, -0.1) is 10.2 Å². The zero-order valence-electron chi connectivity index (χ0n) is 16.8. The zero-order valence-corrected chi connectivity index (χ0v) is 16.8. The number of rotatable bonds is 5. The minimum absolute atomic E-state index is 0.00934. The van der Waals surface area contributed by atoms with Crippen LogP contribution in [0.5, 0.6) is 5.75 Å². The van der Waals surface area contributed by atoms with Gasteiger partial charge >= 0.3 is 12.6 Å². The fourth-order valence-electron chi connectivity index (χ4n) is 3.24. The van der Waals surface area contributed by atoms with Gasteiger partial charge in [0.05, 0.1) is 5.69 Å². The highest BCUT2D eigenvalue weighted by atomic mass is 19.3. The predicted octanol–water partition coefficient (Wildman–Crippen LogP) is 2.93. The molecule has 1 N–H and O–H groups in total. The zero-order chi connectivity index (χ0) is 21.8. The Hall–Kier alpha value is -3.76. The fraction of sp³-hybridized carbons (Fsp3) is 0.300. The lowest BCUT2D eigenvalue weighted by molar-refractivity contribution is -0.0498. The van der Waals surface area contributed by atoms with Crippen LogP contribution in [0.4, 0.5) is 25.1 Å². The van der Waals surface area contributed by atoms with Crippen molar-refractivity contribution in [2.24, 2.45) is 0 Å². The summed E-state index contributed by atoms with van der Waals surface area (Å²) in [6.45, 7) is 1.15. The maximum Gasteiger partial charge on any atom is 0.387 e. The van der Waals surface area contributed by atoms with E-state index >= 15 is 0 Å². The van der Waals surface area contributed by atoms with Crippen molar-refractivity contribution in [1.29, 1.82) is 0 Å². The third kappa shape index (κ3) is 5.05. The molecule has 3 aromatic rings. The van der Waals surface area contributed by atoms with E-state index in [-0.39, 0.29) is 11.8 Å². The van der Waals surface area contributed by atoms with Crippen LogP contribution in [0.25, 0.3) is 5.82 Å². The van der Waals surface area contributed by atoms with Gasteiger partial charge in [0.15, 0.2) is 11.6 Å². The molecule has 0 bridgehead atoms. The van der Waals surface area contributed by atoms with E-state index in [2.05, 4.69) is 25.3 Å². The molecule has 11 heteroatoms. The Bertz CT molecular complexity index is 1030. The molecule has 1 aliphatic rings. The number of carbonyl (C=O) groups excluding carboxylic acids is 1. The normalized spacial score (nSPS) is 14.1. The van der Waals surface area contributed by atoms with Gasteiger partial charge in [0.2, 0.25) is 0 Å². The molecule has 162 valence electrons. The van der Waals surface area contributed by atoms with Crippen molar-refractivity contribution in [3.05, 3.63) is 54.4 Å². The second-order valence-corrected chi connectivity index (χ2v) is 6.96. The average molecular weight is 429 g/mol. The van der Waals surface area contributed by atoms with Crippen LogP contribution >= 0.6 is 0 Å². The summed E-state index contributed by atoms with van der Waals surface area (Å²) in [5.74, 6) is 1.35. The summed E-state index contributed by atoms with van der Waals surface area (Å²) in [4.78, 5) is 16.2. The number of benzene rings is 1. The molecule has 0 spiro atoms. The standard InChI is InChI=1S/C20H21F2N7O2/c1-14-7-8-29(26-14)18-6-5-17(24-25-18)27-9-11-28(12-10-27)20(30)23-15-3-2-4-16(13-15)31-19(21)22/h2-8,13,19H,9-12H2,1H3,(H,23,30). The molecule has 0 saturated carbocycles. The van der Waals surface area contributed by atoms with E-state index in [1.165, 1.54) is 18.2 Å². The lowest BCUT2D eigenvalue weighted by Crippen LogP contribution is -2.50. The molecule has 2 amide bonds. The maximum atomic E-state index is 12.5. The molecule has 3 heterocycles. The first-order valence-corrected chi connectivity index (χ1v) is 9.70. The molecule has 0 aliphatic carbocycles. The van der Waals surface area contributed by atoms with Crippen LogP contribution in [-0.4, -0.2) is 63.7 Å². The van der Waals surface area contributed by atoms with Crippen LogP contribution in [-0.2, 0) is 0 Å². The number of aromatic nitrogens is 4. The first kappa shape index (κ1) is 20.5. The van der Waals surface area contributed by atoms with Crippen LogP contribution < -0.4 is 15.0 Å². The van der Waals surface area contributed by atoms with Gasteiger partial charge in [0.1, 0.15) is 5.75 Å². The molecule has 0 radical (unpaired) electrons. The van der Waals surface area contributed by atoms with Crippen molar-refractivity contribution in [2.75, 3.05) is 36.4 Å². The van der Waals surface area contributed by atoms with E-state index in [0.29, 0.717) is 37.7 Å². The first-order valence-electron chi connectivity index (χ1n) is 9.70. The number of amides is 2. The minimum atomic E-state index is -2.92. The molecule has 1 aromatic carbocycles. The van der Waals surface area contributed by atoms with E-state index in [9.17, 15) is 13.6 Å². The highest BCUT2D eigenvalue weighted by molar-refractivity contribution is 5.89. The van der Waals surface area contributed by atoms with Gasteiger partial charge in [-0.25, -0.2) is 9.48 Å². The first-order chi connectivity index (χ1) is 15.0. The van der Waals surface area contributed by atoms with Gasteiger partial charge in [-0.2, -0.15) is 13.9 Å². The van der Waals surface area contributed by atoms with E-state index in [1.54, 1.807) is 15.6 Å². The quantitative estimate of drug-likeness (QED) is 0.671. The number of nitrogens with one attached hydrogen (secondary N) is 1. The van der Waals surface area contributed by atoms with Gasteiger partial charge in [0, 0.05) is 44.1 Å². The van der Waals surface area contributed by atoms with Gasteiger partial charge < -0.3 is 19.9 Å². The molecule has 31 heavy (non-hydrogen) atoms. The molecular formula is C20H21F2N7O2. The molecular weight excluding hydrogens is 408 g/mol. The van der Waals surface area contributed by atoms with Crippen molar-refractivity contribution in [1.82, 2.24) is 24.9 Å². The number of hydrogen-bond acceptors (Lipinski definition) is 6. The van der Waals surface area contributed by atoms with Gasteiger partial charge in [0.25, 0.3) is 0 Å². The number of carbonyl (C=O) groups is 1. The van der Waals surface area contributed by atoms with Crippen molar-refractivity contribution in [3.63, 3.8) is 0 Å². The number of nitrogens with zero attached hydrogens (tertiary/aromatic N) is 6. The van der Waals surface area contributed by atoms with Crippen molar-refractivity contribution >= 4 is 17.5 Å². The van der Waals surface area contributed by atoms with Gasteiger partial charge in [-0.3, -0.25) is 0 Å². The van der Waals surface area contributed by atoms with Crippen molar-refractivity contribution < 1.29 is 18.3 Å². The largest absolute Gasteiger partial charge is 0.435 e. The highest BCUT2D eigenvalue weighted by Gasteiger charge is 2.22. The summed E-state index contributed by atoms with van der Waals surface area (Å²) in [5.41, 5.74) is 1.29. The Balaban J connectivity index is 1.31. The SMILES string of the molecule is Cc1ccn(-c2ccc(N3CCN(C(=O)Nc4cccc(OC(F)F)c4)CC3)nn2)n1. The number of alkyl halides is 2. The average Bonchev–Trinajstić information content (AvgIpc) is 3.20. The van der Waals surface area contributed by atoms with E-state index < -0.39 is 6.61 Å². The molecule has 4 rings (SSSR count). The number of hydrogen-bond donors (Lipinski definition) is 1. The van der Waals surface area contributed by atoms with Gasteiger partial charge in [-0.05, 0) is 37.3 Å². The molecule has 1 aliphatic heterocycles. The van der Waals surface area contributed by atoms with E-state index in [0.717, 1.165) is 11.5 Å². The number of halogens is 2. The predicted molar refractivity (Wildman–Crippen MR) is 110 cm³/mol. The lowest BCUT2D eigenvalue weighted by Gasteiger charge is -2.35. The topological polar surface area (TPSA) is 88.4 Å². The molecule has 1 fully saturated rings. The molecule has 9 nitrogen and oxygen atoms in total. The Labute approximate surface area is 177 Å². The summed E-state index contributed by atoms with van der Waals surface area (Å²) < 4.78 is 30.7. The summed E-state index contributed by atoms with van der Waals surface area (Å²) in [6, 6.07) is 11.2. The second-order valence-electron chi connectivity index (χ2n) is 6.96. The van der Waals surface area contributed by atoms with Crippen molar-refractivity contribution in [2.45, 2.75) is 13.5 Å². The Morgan fingerprint density at radius 3 is 2.45 bits per heavy atom. The number of anilines is 2. The number of ether oxygens (including phenoxy) is 1. The van der Waals surface area contributed by atoms with E-state index in [4.69, 9.17) is 0 Å². The minimum Gasteiger partial charge on any atom is -0.435 e. The third-order valence-electron chi connectivity index (χ3n) is 4.79. The van der Waals surface area contributed by atoms with E-state index in [1.807, 2.05) is 36.2 Å². The third-order valence-corrected chi connectivity index (χ3v) is 4.79. The Morgan fingerprint density at radius 1 is 1.06 bits per heavy atom. The fourth-order valence-corrected chi connectivity index (χ4v) is 3.24. The maximum absolute atomic E-state index is 12.5. The number of aryl methyl sites for hydroxylation is 1. The van der Waals surface area contributed by atoms with Crippen LogP contribution in [0.3, 0.4) is 0 Å². The number of piperazine rings is 1. The summed E-state index contributed by atoms with van der Waals surface area (Å²) >= 11 is 0. The summed E-state index contributed by atoms with van der Waals surface area (Å²) in [7, 11) is 0. The molecule has 1 saturated heterocycles. The second kappa shape index (κ2) is 8.94. The van der Waals surface area contributed by atoms with Crippen LogP contribution in [0.1, 0.15) is 5.69 Å². The summed E-state index contributed by atoms with van der Waals surface area (Å²) in [6.07, 6.45) is 1.83. The monoisotopic (exact) mass is 429 g/mol. The Kier molecular flexibility index (Phi) is 5.92. The Morgan fingerprint density at radius 2 is 1.81 bits per heavy atom. The van der Waals surface area contributed by atoms with Gasteiger partial charge in [-0.1, -0.05) is 6.07 Å². The number of urea groups is 1.